The highest BCUT2D eigenvalue weighted by atomic mass is 16.5. The van der Waals surface area contributed by atoms with Crippen LogP contribution in [0.4, 0.5) is 5.69 Å². The largest absolute Gasteiger partial charge is 0.368 e. The van der Waals surface area contributed by atoms with E-state index in [9.17, 15) is 9.59 Å². The van der Waals surface area contributed by atoms with Gasteiger partial charge in [0, 0.05) is 11.7 Å². The van der Waals surface area contributed by atoms with Crippen molar-refractivity contribution < 1.29 is 14.3 Å². The van der Waals surface area contributed by atoms with Gasteiger partial charge in [-0.2, -0.15) is 0 Å². The van der Waals surface area contributed by atoms with Gasteiger partial charge in [-0.05, 0) is 50.3 Å². The third-order valence-corrected chi connectivity index (χ3v) is 4.51. The summed E-state index contributed by atoms with van der Waals surface area (Å²) < 4.78 is 5.78. The molecule has 1 aliphatic carbocycles. The van der Waals surface area contributed by atoms with Crippen LogP contribution in [0.15, 0.2) is 24.3 Å². The van der Waals surface area contributed by atoms with Crippen molar-refractivity contribution in [3.05, 3.63) is 29.8 Å². The number of ether oxygens (including phenoxy) is 1. The molecule has 5 nitrogen and oxygen atoms in total. The number of hydrogen-bond acceptors (Lipinski definition) is 3. The lowest BCUT2D eigenvalue weighted by atomic mass is 9.88. The van der Waals surface area contributed by atoms with E-state index in [0.717, 1.165) is 17.7 Å². The molecule has 1 aliphatic rings. The van der Waals surface area contributed by atoms with E-state index in [2.05, 4.69) is 17.6 Å². The monoisotopic (exact) mass is 346 g/mol. The Kier molecular flexibility index (Phi) is 7.44. The summed E-state index contributed by atoms with van der Waals surface area (Å²) in [5, 5.41) is 5.71. The van der Waals surface area contributed by atoms with Crippen LogP contribution in [0.25, 0.3) is 0 Å². The molecule has 2 N–H and O–H groups in total. The Bertz CT molecular complexity index is 569. The van der Waals surface area contributed by atoms with Crippen molar-refractivity contribution in [3.63, 3.8) is 0 Å². The average Bonchev–Trinajstić information content (AvgIpc) is 2.55. The van der Waals surface area contributed by atoms with Gasteiger partial charge in [0.15, 0.2) is 0 Å². The number of rotatable bonds is 7. The van der Waals surface area contributed by atoms with Crippen molar-refractivity contribution in [2.45, 2.75) is 65.0 Å². The van der Waals surface area contributed by atoms with E-state index in [4.69, 9.17) is 4.74 Å². The second kappa shape index (κ2) is 9.56. The molecule has 0 aliphatic heterocycles. The Balaban J connectivity index is 1.76. The number of carbonyl (C=O) groups is 2. The van der Waals surface area contributed by atoms with E-state index in [-0.39, 0.29) is 30.6 Å². The van der Waals surface area contributed by atoms with Crippen LogP contribution >= 0.6 is 0 Å². The third kappa shape index (κ3) is 6.86. The fraction of sp³-hybridized carbons (Fsp3) is 0.600. The fourth-order valence-electron chi connectivity index (χ4n) is 3.17. The van der Waals surface area contributed by atoms with Crippen LogP contribution in [0.2, 0.25) is 0 Å². The number of anilines is 1. The Morgan fingerprint density at radius 1 is 1.12 bits per heavy atom. The van der Waals surface area contributed by atoms with Crippen LogP contribution in [0, 0.1) is 5.92 Å². The highest BCUT2D eigenvalue weighted by molar-refractivity contribution is 5.91. The first-order valence-corrected chi connectivity index (χ1v) is 9.24. The van der Waals surface area contributed by atoms with Gasteiger partial charge < -0.3 is 15.4 Å². The average molecular weight is 346 g/mol. The van der Waals surface area contributed by atoms with Crippen molar-refractivity contribution in [3.8, 4) is 0 Å². The van der Waals surface area contributed by atoms with Gasteiger partial charge in [-0.3, -0.25) is 9.59 Å². The molecule has 0 aromatic heterocycles. The minimum Gasteiger partial charge on any atom is -0.368 e. The number of benzene rings is 1. The maximum absolute atomic E-state index is 12.0. The molecule has 1 saturated carbocycles. The second-order valence-electron chi connectivity index (χ2n) is 7.26. The van der Waals surface area contributed by atoms with E-state index >= 15 is 0 Å². The Labute approximate surface area is 150 Å². The zero-order valence-electron chi connectivity index (χ0n) is 15.5. The summed E-state index contributed by atoms with van der Waals surface area (Å²) in [5.74, 6) is 0.391. The molecular formula is C20H30N2O3. The number of amides is 2. The first kappa shape index (κ1) is 19.4. The molecule has 1 fully saturated rings. The zero-order valence-corrected chi connectivity index (χ0v) is 15.5. The maximum Gasteiger partial charge on any atom is 0.250 e. The van der Waals surface area contributed by atoms with Crippen LogP contribution in [0.5, 0.6) is 0 Å². The summed E-state index contributed by atoms with van der Waals surface area (Å²) in [6.45, 7) is 6.16. The molecule has 0 heterocycles. The first-order chi connectivity index (χ1) is 11.9. The third-order valence-electron chi connectivity index (χ3n) is 4.51. The van der Waals surface area contributed by atoms with Gasteiger partial charge in [0.1, 0.15) is 6.61 Å². The molecule has 25 heavy (non-hydrogen) atoms. The SMILES string of the molecule is CC(C)NC(=O)Cc1ccc(NC(=O)CO[C@H]2CCCC[C@@H]2C)cc1. The van der Waals surface area contributed by atoms with Gasteiger partial charge in [0.05, 0.1) is 12.5 Å². The van der Waals surface area contributed by atoms with Gasteiger partial charge >= 0.3 is 0 Å². The molecule has 5 heteroatoms. The van der Waals surface area contributed by atoms with Crippen molar-refractivity contribution in [2.24, 2.45) is 5.92 Å². The Morgan fingerprint density at radius 3 is 2.44 bits per heavy atom. The molecule has 0 radical (unpaired) electrons. The van der Waals surface area contributed by atoms with Crippen LogP contribution in [0.3, 0.4) is 0 Å². The van der Waals surface area contributed by atoms with E-state index in [1.165, 1.54) is 19.3 Å². The first-order valence-electron chi connectivity index (χ1n) is 9.24. The quantitative estimate of drug-likeness (QED) is 0.796. The van der Waals surface area contributed by atoms with Crippen LogP contribution in [-0.4, -0.2) is 30.6 Å². The molecule has 2 rings (SSSR count). The molecule has 0 spiro atoms. The predicted octanol–water partition coefficient (Wildman–Crippen LogP) is 3.29. The lowest BCUT2D eigenvalue weighted by Crippen LogP contribution is -2.31. The normalized spacial score (nSPS) is 20.3. The second-order valence-corrected chi connectivity index (χ2v) is 7.26. The molecule has 138 valence electrons. The Morgan fingerprint density at radius 2 is 1.80 bits per heavy atom. The smallest absolute Gasteiger partial charge is 0.250 e. The predicted molar refractivity (Wildman–Crippen MR) is 99.4 cm³/mol. The van der Waals surface area contributed by atoms with Crippen LogP contribution < -0.4 is 10.6 Å². The van der Waals surface area contributed by atoms with Gasteiger partial charge in [0.2, 0.25) is 11.8 Å². The molecule has 0 bridgehead atoms. The van der Waals surface area contributed by atoms with Crippen LogP contribution in [0.1, 0.15) is 52.0 Å². The van der Waals surface area contributed by atoms with Crippen molar-refractivity contribution >= 4 is 17.5 Å². The van der Waals surface area contributed by atoms with Gasteiger partial charge in [-0.15, -0.1) is 0 Å². The number of hydrogen-bond donors (Lipinski definition) is 2. The topological polar surface area (TPSA) is 67.4 Å². The summed E-state index contributed by atoms with van der Waals surface area (Å²) >= 11 is 0. The molecular weight excluding hydrogens is 316 g/mol. The summed E-state index contributed by atoms with van der Waals surface area (Å²) in [7, 11) is 0. The summed E-state index contributed by atoms with van der Waals surface area (Å²) in [5.41, 5.74) is 1.64. The lowest BCUT2D eigenvalue weighted by molar-refractivity contribution is -0.124. The number of nitrogens with one attached hydrogen (secondary N) is 2. The molecule has 0 unspecified atom stereocenters. The molecule has 2 atom stereocenters. The summed E-state index contributed by atoms with van der Waals surface area (Å²) in [6.07, 6.45) is 5.20. The fourth-order valence-corrected chi connectivity index (χ4v) is 3.17. The van der Waals surface area contributed by atoms with Gasteiger partial charge in [-0.25, -0.2) is 0 Å². The van der Waals surface area contributed by atoms with E-state index in [0.29, 0.717) is 12.3 Å². The highest BCUT2D eigenvalue weighted by Gasteiger charge is 2.22. The standard InChI is InChI=1S/C20H30N2O3/c1-14(2)21-19(23)12-16-8-10-17(11-9-16)22-20(24)13-25-18-7-5-4-6-15(18)3/h8-11,14-15,18H,4-7,12-13H2,1-3H3,(H,21,23)(H,22,24)/t15-,18-/m0/s1. The van der Waals surface area contributed by atoms with Crippen molar-refractivity contribution in [1.82, 2.24) is 5.32 Å². The zero-order chi connectivity index (χ0) is 18.2. The molecule has 2 amide bonds. The molecule has 0 saturated heterocycles. The maximum atomic E-state index is 12.0. The molecule has 1 aromatic rings. The van der Waals surface area contributed by atoms with Crippen LogP contribution in [-0.2, 0) is 20.7 Å². The van der Waals surface area contributed by atoms with E-state index in [1.54, 1.807) is 0 Å². The van der Waals surface area contributed by atoms with E-state index in [1.807, 2.05) is 38.1 Å². The van der Waals surface area contributed by atoms with Crippen molar-refractivity contribution in [1.29, 1.82) is 0 Å². The summed E-state index contributed by atoms with van der Waals surface area (Å²) in [6, 6.07) is 7.50. The minimum absolute atomic E-state index is 0.00165. The molecule has 1 aromatic carbocycles. The van der Waals surface area contributed by atoms with Gasteiger partial charge in [0.25, 0.3) is 0 Å². The van der Waals surface area contributed by atoms with Gasteiger partial charge in [-0.1, -0.05) is 31.9 Å². The Hall–Kier alpha value is -1.88. The van der Waals surface area contributed by atoms with Crippen molar-refractivity contribution in [2.75, 3.05) is 11.9 Å². The van der Waals surface area contributed by atoms with E-state index < -0.39 is 0 Å². The highest BCUT2D eigenvalue weighted by Crippen LogP contribution is 2.26. The lowest BCUT2D eigenvalue weighted by Gasteiger charge is -2.28. The number of carbonyl (C=O) groups excluding carboxylic acids is 2. The summed E-state index contributed by atoms with van der Waals surface area (Å²) in [4.78, 5) is 23.8. The minimum atomic E-state index is -0.136.